The summed E-state index contributed by atoms with van der Waals surface area (Å²) >= 11 is 0. The van der Waals surface area contributed by atoms with Crippen LogP contribution < -0.4 is 9.80 Å². The lowest BCUT2D eigenvalue weighted by molar-refractivity contribution is 0.660. The number of rotatable bonds is 8. The molecule has 1 aliphatic rings. The molecule has 7 aromatic carbocycles. The molecule has 0 atom stereocenters. The summed E-state index contributed by atoms with van der Waals surface area (Å²) in [6.45, 7) is 6.87. The van der Waals surface area contributed by atoms with Crippen molar-refractivity contribution in [2.24, 2.45) is 0 Å². The third kappa shape index (κ3) is 5.90. The number of nitrogens with zero attached hydrogens (tertiary/aromatic N) is 2. The van der Waals surface area contributed by atoms with Crippen LogP contribution >= 0.6 is 0 Å². The van der Waals surface area contributed by atoms with Crippen molar-refractivity contribution < 1.29 is 0 Å². The molecule has 0 aromatic heterocycles. The molecule has 0 radical (unpaired) electrons. The second-order valence-electron chi connectivity index (χ2n) is 13.6. The van der Waals surface area contributed by atoms with E-state index in [0.717, 1.165) is 28.4 Å². The smallest absolute Gasteiger partial charge is 0.0465 e. The standard InChI is InChI=1S/C48H40N2/c1-35-14-13-21-42(32-35)50(40-19-11-6-12-20-40)43-29-31-45-44-30-26-37(33-46(44)48(2,3)47(45)34-43)23-22-36-24-27-41(28-25-36)49(38-15-7-4-8-16-38)39-17-9-5-10-18-39/h4-34H,1-3H3. The summed E-state index contributed by atoms with van der Waals surface area (Å²) in [7, 11) is 0. The van der Waals surface area contributed by atoms with E-state index >= 15 is 0 Å². The Morgan fingerprint density at radius 1 is 0.380 bits per heavy atom. The van der Waals surface area contributed by atoms with E-state index in [1.165, 1.54) is 44.6 Å². The molecule has 2 nitrogen and oxygen atoms in total. The summed E-state index contributed by atoms with van der Waals surface area (Å²) in [5.74, 6) is 0. The van der Waals surface area contributed by atoms with Crippen LogP contribution in [0.2, 0.25) is 0 Å². The van der Waals surface area contributed by atoms with Gasteiger partial charge in [-0.3, -0.25) is 0 Å². The fourth-order valence-corrected chi connectivity index (χ4v) is 7.31. The number of fused-ring (bicyclic) bond motifs is 3. The Morgan fingerprint density at radius 3 is 1.38 bits per heavy atom. The van der Waals surface area contributed by atoms with Gasteiger partial charge in [0.2, 0.25) is 0 Å². The van der Waals surface area contributed by atoms with Gasteiger partial charge in [0.1, 0.15) is 0 Å². The maximum absolute atomic E-state index is 2.40. The number of aryl methyl sites for hydroxylation is 1. The van der Waals surface area contributed by atoms with Gasteiger partial charge in [0.25, 0.3) is 0 Å². The molecule has 0 N–H and O–H groups in total. The summed E-state index contributed by atoms with van der Waals surface area (Å²) < 4.78 is 0. The molecule has 0 amide bonds. The van der Waals surface area contributed by atoms with Crippen molar-refractivity contribution in [1.82, 2.24) is 0 Å². The van der Waals surface area contributed by atoms with E-state index in [2.05, 4.69) is 219 Å². The molecule has 7 aromatic rings. The fraction of sp³-hybridized carbons (Fsp3) is 0.0833. The summed E-state index contributed by atoms with van der Waals surface area (Å²) in [6.07, 6.45) is 4.45. The zero-order valence-corrected chi connectivity index (χ0v) is 28.8. The van der Waals surface area contributed by atoms with Gasteiger partial charge >= 0.3 is 0 Å². The highest BCUT2D eigenvalue weighted by Crippen LogP contribution is 2.51. The number of anilines is 6. The number of hydrogen-bond donors (Lipinski definition) is 0. The van der Waals surface area contributed by atoms with Crippen LogP contribution in [0.1, 0.15) is 41.7 Å². The maximum Gasteiger partial charge on any atom is 0.0465 e. The van der Waals surface area contributed by atoms with Crippen molar-refractivity contribution in [3.8, 4) is 11.1 Å². The minimum atomic E-state index is -0.139. The van der Waals surface area contributed by atoms with Crippen molar-refractivity contribution in [2.45, 2.75) is 26.2 Å². The Hall–Kier alpha value is -6.12. The van der Waals surface area contributed by atoms with Crippen LogP contribution in [0.3, 0.4) is 0 Å². The number of hydrogen-bond acceptors (Lipinski definition) is 2. The van der Waals surface area contributed by atoms with Gasteiger partial charge in [-0.2, -0.15) is 0 Å². The highest BCUT2D eigenvalue weighted by Gasteiger charge is 2.36. The van der Waals surface area contributed by atoms with Crippen LogP contribution in [-0.4, -0.2) is 0 Å². The Morgan fingerprint density at radius 2 is 0.800 bits per heavy atom. The topological polar surface area (TPSA) is 6.48 Å². The lowest BCUT2D eigenvalue weighted by atomic mass is 9.81. The average molecular weight is 645 g/mol. The van der Waals surface area contributed by atoms with E-state index in [0.29, 0.717) is 0 Å². The van der Waals surface area contributed by atoms with Crippen LogP contribution in [0, 0.1) is 6.92 Å². The second-order valence-corrected chi connectivity index (χ2v) is 13.6. The van der Waals surface area contributed by atoms with E-state index in [1.54, 1.807) is 0 Å². The monoisotopic (exact) mass is 644 g/mol. The van der Waals surface area contributed by atoms with Gasteiger partial charge in [0.05, 0.1) is 0 Å². The minimum absolute atomic E-state index is 0.139. The molecule has 0 saturated carbocycles. The molecule has 0 heterocycles. The molecular weight excluding hydrogens is 605 g/mol. The fourth-order valence-electron chi connectivity index (χ4n) is 7.31. The zero-order chi connectivity index (χ0) is 34.1. The van der Waals surface area contributed by atoms with E-state index in [-0.39, 0.29) is 5.41 Å². The molecule has 0 unspecified atom stereocenters. The molecular formula is C48H40N2. The van der Waals surface area contributed by atoms with E-state index in [9.17, 15) is 0 Å². The Kier molecular flexibility index (Phi) is 8.14. The quantitative estimate of drug-likeness (QED) is 0.152. The Balaban J connectivity index is 1.08. The van der Waals surface area contributed by atoms with Gasteiger partial charge in [-0.15, -0.1) is 0 Å². The SMILES string of the molecule is Cc1cccc(N(c2ccccc2)c2ccc3c(c2)C(C)(C)c2cc(C=Cc4ccc(N(c5ccccc5)c5ccccc5)cc4)ccc2-3)c1. The van der Waals surface area contributed by atoms with Crippen LogP contribution in [0.4, 0.5) is 34.1 Å². The second kappa shape index (κ2) is 13.1. The van der Waals surface area contributed by atoms with E-state index in [1.807, 2.05) is 0 Å². The molecule has 0 bridgehead atoms. The molecule has 8 rings (SSSR count). The maximum atomic E-state index is 2.40. The summed E-state index contributed by atoms with van der Waals surface area (Å²) in [4.78, 5) is 4.66. The first-order valence-electron chi connectivity index (χ1n) is 17.4. The Bertz CT molecular complexity index is 2250. The van der Waals surface area contributed by atoms with Gasteiger partial charge in [-0.05, 0) is 119 Å². The number of para-hydroxylation sites is 3. The third-order valence-electron chi connectivity index (χ3n) is 9.86. The minimum Gasteiger partial charge on any atom is -0.311 e. The molecule has 0 aliphatic heterocycles. The largest absolute Gasteiger partial charge is 0.311 e. The summed E-state index contributed by atoms with van der Waals surface area (Å²) in [5, 5.41) is 0. The van der Waals surface area contributed by atoms with Gasteiger partial charge < -0.3 is 9.80 Å². The highest BCUT2D eigenvalue weighted by atomic mass is 15.1. The normalized spacial score (nSPS) is 12.8. The van der Waals surface area contributed by atoms with Crippen LogP contribution in [0.25, 0.3) is 23.3 Å². The lowest BCUT2D eigenvalue weighted by Gasteiger charge is -2.28. The molecule has 242 valence electrons. The van der Waals surface area contributed by atoms with Gasteiger partial charge in [-0.1, -0.05) is 129 Å². The van der Waals surface area contributed by atoms with Crippen molar-refractivity contribution >= 4 is 46.3 Å². The zero-order valence-electron chi connectivity index (χ0n) is 28.8. The van der Waals surface area contributed by atoms with Crippen molar-refractivity contribution in [2.75, 3.05) is 9.80 Å². The van der Waals surface area contributed by atoms with Crippen LogP contribution in [0.5, 0.6) is 0 Å². The average Bonchev–Trinajstić information content (AvgIpc) is 3.38. The first-order valence-corrected chi connectivity index (χ1v) is 17.4. The third-order valence-corrected chi connectivity index (χ3v) is 9.86. The predicted molar refractivity (Wildman–Crippen MR) is 213 cm³/mol. The number of benzene rings is 7. The molecule has 0 saturated heterocycles. The first kappa shape index (κ1) is 31.2. The van der Waals surface area contributed by atoms with E-state index < -0.39 is 0 Å². The first-order chi connectivity index (χ1) is 24.5. The van der Waals surface area contributed by atoms with Crippen molar-refractivity contribution in [3.05, 3.63) is 204 Å². The van der Waals surface area contributed by atoms with Crippen LogP contribution in [0.15, 0.2) is 176 Å². The van der Waals surface area contributed by atoms with Crippen LogP contribution in [-0.2, 0) is 5.41 Å². The van der Waals surface area contributed by atoms with Crippen molar-refractivity contribution in [1.29, 1.82) is 0 Å². The summed E-state index contributed by atoms with van der Waals surface area (Å²) in [6, 6.07) is 63.2. The molecule has 50 heavy (non-hydrogen) atoms. The molecule has 2 heteroatoms. The van der Waals surface area contributed by atoms with Gasteiger partial charge in [0, 0.05) is 39.5 Å². The highest BCUT2D eigenvalue weighted by molar-refractivity contribution is 5.87. The van der Waals surface area contributed by atoms with Gasteiger partial charge in [0.15, 0.2) is 0 Å². The Labute approximate surface area is 296 Å². The van der Waals surface area contributed by atoms with E-state index in [4.69, 9.17) is 0 Å². The lowest BCUT2D eigenvalue weighted by Crippen LogP contribution is -2.16. The van der Waals surface area contributed by atoms with Crippen molar-refractivity contribution in [3.63, 3.8) is 0 Å². The molecule has 0 fully saturated rings. The molecule has 0 spiro atoms. The molecule has 1 aliphatic carbocycles. The predicted octanol–water partition coefficient (Wildman–Crippen LogP) is 13.4. The summed E-state index contributed by atoms with van der Waals surface area (Å²) in [5.41, 5.74) is 15.7. The van der Waals surface area contributed by atoms with Gasteiger partial charge in [-0.25, -0.2) is 0 Å².